The molecule has 1 aliphatic heterocycles. The van der Waals surface area contributed by atoms with Gasteiger partial charge in [0.15, 0.2) is 0 Å². The van der Waals surface area contributed by atoms with Crippen LogP contribution in [0.15, 0.2) is 24.3 Å². The highest BCUT2D eigenvalue weighted by molar-refractivity contribution is 7.13. The van der Waals surface area contributed by atoms with Crippen LogP contribution in [-0.2, 0) is 0 Å². The van der Waals surface area contributed by atoms with Crippen LogP contribution >= 0.6 is 11.3 Å². The second-order valence-electron chi connectivity index (χ2n) is 6.36. The summed E-state index contributed by atoms with van der Waals surface area (Å²) in [5.74, 6) is 1.13. The van der Waals surface area contributed by atoms with Crippen molar-refractivity contribution in [2.45, 2.75) is 33.2 Å². The van der Waals surface area contributed by atoms with Crippen LogP contribution in [0.4, 0.5) is 0 Å². The van der Waals surface area contributed by atoms with Gasteiger partial charge >= 0.3 is 0 Å². The first kappa shape index (κ1) is 15.3. The van der Waals surface area contributed by atoms with Gasteiger partial charge in [-0.05, 0) is 39.3 Å². The fraction of sp³-hybridized carbons (Fsp3) is 0.389. The standard InChI is InChI=1S/C18H20N4OS/c1-11-17(24-13(3)19-11)18(23)21-9-8-14(10-21)22-12(2)20-15-6-4-5-7-16(15)22/h4-7,14H,8-10H2,1-3H3. The summed E-state index contributed by atoms with van der Waals surface area (Å²) < 4.78 is 2.29. The van der Waals surface area contributed by atoms with Crippen molar-refractivity contribution in [3.05, 3.63) is 45.7 Å². The Balaban J connectivity index is 1.61. The molecule has 5 nitrogen and oxygen atoms in total. The number of para-hydroxylation sites is 2. The van der Waals surface area contributed by atoms with E-state index >= 15 is 0 Å². The zero-order valence-electron chi connectivity index (χ0n) is 14.1. The van der Waals surface area contributed by atoms with Crippen molar-refractivity contribution in [3.8, 4) is 0 Å². The Morgan fingerprint density at radius 2 is 2.00 bits per heavy atom. The minimum absolute atomic E-state index is 0.114. The monoisotopic (exact) mass is 340 g/mol. The summed E-state index contributed by atoms with van der Waals surface area (Å²) in [5.41, 5.74) is 3.02. The number of hydrogen-bond donors (Lipinski definition) is 0. The number of amides is 1. The zero-order chi connectivity index (χ0) is 16.8. The van der Waals surface area contributed by atoms with E-state index in [1.54, 1.807) is 0 Å². The minimum Gasteiger partial charge on any atom is -0.336 e. The summed E-state index contributed by atoms with van der Waals surface area (Å²) in [6.07, 6.45) is 0.962. The van der Waals surface area contributed by atoms with Crippen LogP contribution in [0.2, 0.25) is 0 Å². The molecule has 1 saturated heterocycles. The van der Waals surface area contributed by atoms with Crippen LogP contribution in [0.25, 0.3) is 11.0 Å². The molecular weight excluding hydrogens is 320 g/mol. The molecule has 3 aromatic rings. The molecule has 0 saturated carbocycles. The molecule has 1 amide bonds. The summed E-state index contributed by atoms with van der Waals surface area (Å²) in [7, 11) is 0. The number of thiazole rings is 1. The molecule has 2 aromatic heterocycles. The van der Waals surface area contributed by atoms with Crippen molar-refractivity contribution in [2.24, 2.45) is 0 Å². The number of aryl methyl sites for hydroxylation is 3. The summed E-state index contributed by atoms with van der Waals surface area (Å²) in [4.78, 5) is 24.6. The average molecular weight is 340 g/mol. The third-order valence-corrected chi connectivity index (χ3v) is 5.75. The Bertz CT molecular complexity index is 926. The second kappa shape index (κ2) is 5.70. The summed E-state index contributed by atoms with van der Waals surface area (Å²) >= 11 is 1.49. The van der Waals surface area contributed by atoms with Gasteiger partial charge in [0.25, 0.3) is 5.91 Å². The number of fused-ring (bicyclic) bond motifs is 1. The van der Waals surface area contributed by atoms with E-state index in [4.69, 9.17) is 0 Å². The maximum absolute atomic E-state index is 12.8. The van der Waals surface area contributed by atoms with Crippen molar-refractivity contribution in [2.75, 3.05) is 13.1 Å². The number of aromatic nitrogens is 3. The van der Waals surface area contributed by atoms with E-state index in [-0.39, 0.29) is 11.9 Å². The lowest BCUT2D eigenvalue weighted by molar-refractivity contribution is 0.0791. The molecule has 24 heavy (non-hydrogen) atoms. The third-order valence-electron chi connectivity index (χ3n) is 4.69. The summed E-state index contributed by atoms with van der Waals surface area (Å²) in [6, 6.07) is 8.49. The van der Waals surface area contributed by atoms with Crippen LogP contribution in [0.5, 0.6) is 0 Å². The molecule has 0 aliphatic carbocycles. The van der Waals surface area contributed by atoms with Crippen LogP contribution in [0.3, 0.4) is 0 Å². The van der Waals surface area contributed by atoms with Gasteiger partial charge in [-0.15, -0.1) is 11.3 Å². The molecule has 0 bridgehead atoms. The van der Waals surface area contributed by atoms with Crippen molar-refractivity contribution in [1.29, 1.82) is 0 Å². The number of likely N-dealkylation sites (tertiary alicyclic amines) is 1. The Morgan fingerprint density at radius 1 is 1.21 bits per heavy atom. The summed E-state index contributed by atoms with van der Waals surface area (Å²) in [6.45, 7) is 7.42. The Labute approximate surface area is 145 Å². The van der Waals surface area contributed by atoms with Gasteiger partial charge in [0.05, 0.1) is 27.8 Å². The maximum atomic E-state index is 12.8. The molecule has 0 spiro atoms. The number of carbonyl (C=O) groups excluding carboxylic acids is 1. The number of imidazole rings is 1. The van der Waals surface area contributed by atoms with E-state index in [0.717, 1.165) is 51.9 Å². The molecule has 4 rings (SSSR count). The summed E-state index contributed by atoms with van der Waals surface area (Å²) in [5, 5.41) is 0.947. The molecule has 6 heteroatoms. The zero-order valence-corrected chi connectivity index (χ0v) is 14.9. The lowest BCUT2D eigenvalue weighted by Crippen LogP contribution is -2.29. The predicted molar refractivity (Wildman–Crippen MR) is 95.6 cm³/mol. The van der Waals surface area contributed by atoms with Crippen LogP contribution in [0.1, 0.15) is 38.7 Å². The number of rotatable bonds is 2. The fourth-order valence-corrected chi connectivity index (χ4v) is 4.52. The molecule has 1 aromatic carbocycles. The van der Waals surface area contributed by atoms with Gasteiger partial charge in [0.1, 0.15) is 10.7 Å². The third kappa shape index (κ3) is 2.41. The SMILES string of the molecule is Cc1nc(C)c(C(=O)N2CCC(n3c(C)nc4ccccc43)C2)s1. The van der Waals surface area contributed by atoms with Crippen molar-refractivity contribution >= 4 is 28.3 Å². The van der Waals surface area contributed by atoms with Gasteiger partial charge in [-0.2, -0.15) is 0 Å². The van der Waals surface area contributed by atoms with E-state index in [9.17, 15) is 4.79 Å². The number of nitrogens with zero attached hydrogens (tertiary/aromatic N) is 4. The van der Waals surface area contributed by atoms with E-state index < -0.39 is 0 Å². The molecule has 1 aliphatic rings. The lowest BCUT2D eigenvalue weighted by Gasteiger charge is -2.18. The topological polar surface area (TPSA) is 51.0 Å². The molecule has 3 heterocycles. The maximum Gasteiger partial charge on any atom is 0.265 e. The van der Waals surface area contributed by atoms with Gasteiger partial charge in [0, 0.05) is 13.1 Å². The first-order chi connectivity index (χ1) is 11.5. The van der Waals surface area contributed by atoms with Gasteiger partial charge in [-0.25, -0.2) is 9.97 Å². The molecule has 1 fully saturated rings. The molecule has 1 unspecified atom stereocenters. The first-order valence-corrected chi connectivity index (χ1v) is 9.03. The fourth-order valence-electron chi connectivity index (χ4n) is 3.64. The number of carbonyl (C=O) groups is 1. The van der Waals surface area contributed by atoms with E-state index in [0.29, 0.717) is 0 Å². The van der Waals surface area contributed by atoms with Gasteiger partial charge in [-0.1, -0.05) is 12.1 Å². The smallest absolute Gasteiger partial charge is 0.265 e. The van der Waals surface area contributed by atoms with Crippen molar-refractivity contribution in [3.63, 3.8) is 0 Å². The Kier molecular flexibility index (Phi) is 3.64. The molecule has 124 valence electrons. The predicted octanol–water partition coefficient (Wildman–Crippen LogP) is 3.51. The van der Waals surface area contributed by atoms with Gasteiger partial charge < -0.3 is 9.47 Å². The average Bonchev–Trinajstić information content (AvgIpc) is 3.22. The van der Waals surface area contributed by atoms with Gasteiger partial charge in [0.2, 0.25) is 0 Å². The minimum atomic E-state index is 0.114. The highest BCUT2D eigenvalue weighted by Gasteiger charge is 2.31. The van der Waals surface area contributed by atoms with Crippen molar-refractivity contribution in [1.82, 2.24) is 19.4 Å². The molecule has 0 N–H and O–H groups in total. The van der Waals surface area contributed by atoms with Gasteiger partial charge in [-0.3, -0.25) is 4.79 Å². The van der Waals surface area contributed by atoms with E-state index in [2.05, 4.69) is 20.6 Å². The quantitative estimate of drug-likeness (QED) is 0.717. The van der Waals surface area contributed by atoms with Crippen LogP contribution < -0.4 is 0 Å². The number of benzene rings is 1. The first-order valence-electron chi connectivity index (χ1n) is 8.21. The Morgan fingerprint density at radius 3 is 2.75 bits per heavy atom. The highest BCUT2D eigenvalue weighted by atomic mass is 32.1. The van der Waals surface area contributed by atoms with Crippen LogP contribution in [0, 0.1) is 20.8 Å². The van der Waals surface area contributed by atoms with E-state index in [1.165, 1.54) is 11.3 Å². The molecular formula is C18H20N4OS. The highest BCUT2D eigenvalue weighted by Crippen LogP contribution is 2.30. The molecule has 1 atom stereocenters. The van der Waals surface area contributed by atoms with Crippen molar-refractivity contribution < 1.29 is 4.79 Å². The van der Waals surface area contributed by atoms with Crippen LogP contribution in [-0.4, -0.2) is 38.4 Å². The second-order valence-corrected chi connectivity index (χ2v) is 7.56. The normalized spacial score (nSPS) is 17.8. The van der Waals surface area contributed by atoms with E-state index in [1.807, 2.05) is 43.9 Å². The lowest BCUT2D eigenvalue weighted by atomic mass is 10.2. The largest absolute Gasteiger partial charge is 0.336 e. The number of hydrogen-bond acceptors (Lipinski definition) is 4. The molecule has 0 radical (unpaired) electrons. The Hall–Kier alpha value is -2.21.